The molecule has 0 bridgehead atoms. The summed E-state index contributed by atoms with van der Waals surface area (Å²) in [6, 6.07) is 22.1. The average Bonchev–Trinajstić information content (AvgIpc) is 3.18. The molecule has 1 amide bonds. The van der Waals surface area contributed by atoms with Gasteiger partial charge in [-0.05, 0) is 16.8 Å². The summed E-state index contributed by atoms with van der Waals surface area (Å²) in [5, 5.41) is 10.6. The van der Waals surface area contributed by atoms with Crippen LogP contribution in [0.1, 0.15) is 11.1 Å². The zero-order chi connectivity index (χ0) is 16.1. The monoisotopic (exact) mass is 331 g/mol. The van der Waals surface area contributed by atoms with Gasteiger partial charge in [0, 0.05) is 16.8 Å². The van der Waals surface area contributed by atoms with Gasteiger partial charge in [0.1, 0.15) is 5.04 Å². The van der Waals surface area contributed by atoms with Gasteiger partial charge in [-0.3, -0.25) is 10.2 Å². The molecule has 3 aromatic rings. The summed E-state index contributed by atoms with van der Waals surface area (Å²) in [5.41, 5.74) is 5.91. The van der Waals surface area contributed by atoms with Crippen LogP contribution < -0.4 is 10.7 Å². The topological polar surface area (TPSA) is 53.5 Å². The third-order valence-corrected chi connectivity index (χ3v) is 5.77. The van der Waals surface area contributed by atoms with Gasteiger partial charge in [-0.2, -0.15) is 5.10 Å². The maximum Gasteiger partial charge on any atom is 0.267 e. The summed E-state index contributed by atoms with van der Waals surface area (Å²) in [5.74, 6) is -0.0762. The van der Waals surface area contributed by atoms with Crippen LogP contribution in [0, 0.1) is 0 Å². The highest BCUT2D eigenvalue weighted by molar-refractivity contribution is 8.16. The fourth-order valence-corrected chi connectivity index (χ4v) is 4.48. The van der Waals surface area contributed by atoms with E-state index in [9.17, 15) is 4.79 Å². The van der Waals surface area contributed by atoms with Crippen molar-refractivity contribution in [3.8, 4) is 0 Å². The van der Waals surface area contributed by atoms with E-state index in [-0.39, 0.29) is 5.91 Å². The van der Waals surface area contributed by atoms with Crippen LogP contribution in [0.15, 0.2) is 71.8 Å². The van der Waals surface area contributed by atoms with E-state index < -0.39 is 4.87 Å². The summed E-state index contributed by atoms with van der Waals surface area (Å²) >= 11 is 1.47. The fraction of sp³-hybridized carbons (Fsp3) is 0.0526. The standard InChI is InChI=1S/C19H13N3OS/c23-18-19(15-10-3-4-11-16(15)20-18)22-21-17(24-19)14-9-5-7-12-6-1-2-8-13(12)14/h1-11,22H,(H,20,23)/t19-/m1/s1. The molecule has 116 valence electrons. The van der Waals surface area contributed by atoms with E-state index in [2.05, 4.69) is 34.0 Å². The molecule has 4 nitrogen and oxygen atoms in total. The predicted octanol–water partition coefficient (Wildman–Crippen LogP) is 3.64. The summed E-state index contributed by atoms with van der Waals surface area (Å²) in [7, 11) is 0. The molecule has 2 aliphatic heterocycles. The number of para-hydroxylation sites is 1. The number of thioether (sulfide) groups is 1. The minimum absolute atomic E-state index is 0.0762. The summed E-state index contributed by atoms with van der Waals surface area (Å²) < 4.78 is 0. The zero-order valence-electron chi connectivity index (χ0n) is 12.6. The number of nitrogens with one attached hydrogen (secondary N) is 2. The van der Waals surface area contributed by atoms with E-state index in [1.165, 1.54) is 11.8 Å². The predicted molar refractivity (Wildman–Crippen MR) is 98.0 cm³/mol. The second-order valence-electron chi connectivity index (χ2n) is 5.84. The molecule has 0 aliphatic carbocycles. The lowest BCUT2D eigenvalue weighted by atomic mass is 10.1. The molecule has 2 N–H and O–H groups in total. The molecule has 0 aromatic heterocycles. The Morgan fingerprint density at radius 3 is 2.67 bits per heavy atom. The second-order valence-corrected chi connectivity index (χ2v) is 7.04. The highest BCUT2D eigenvalue weighted by Gasteiger charge is 2.51. The van der Waals surface area contributed by atoms with Crippen molar-refractivity contribution in [1.82, 2.24) is 5.43 Å². The largest absolute Gasteiger partial charge is 0.323 e. The van der Waals surface area contributed by atoms with E-state index in [0.717, 1.165) is 32.6 Å². The van der Waals surface area contributed by atoms with Crippen LogP contribution in [-0.2, 0) is 9.67 Å². The van der Waals surface area contributed by atoms with Crippen molar-refractivity contribution in [2.75, 3.05) is 5.32 Å². The quantitative estimate of drug-likeness (QED) is 0.716. The summed E-state index contributed by atoms with van der Waals surface area (Å²) in [6.45, 7) is 0. The maximum absolute atomic E-state index is 12.6. The van der Waals surface area contributed by atoms with Crippen molar-refractivity contribution in [3.63, 3.8) is 0 Å². The van der Waals surface area contributed by atoms with Crippen LogP contribution >= 0.6 is 11.8 Å². The van der Waals surface area contributed by atoms with E-state index in [1.807, 2.05) is 48.5 Å². The third-order valence-electron chi connectivity index (χ3n) is 4.46. The van der Waals surface area contributed by atoms with Gasteiger partial charge in [-0.1, -0.05) is 72.4 Å². The summed E-state index contributed by atoms with van der Waals surface area (Å²) in [4.78, 5) is 11.8. The molecule has 3 aromatic carbocycles. The van der Waals surface area contributed by atoms with E-state index in [4.69, 9.17) is 0 Å². The van der Waals surface area contributed by atoms with Crippen LogP contribution in [-0.4, -0.2) is 11.0 Å². The lowest BCUT2D eigenvalue weighted by Crippen LogP contribution is -2.39. The van der Waals surface area contributed by atoms with E-state index in [1.54, 1.807) is 0 Å². The number of hydrogen-bond donors (Lipinski definition) is 2. The summed E-state index contributed by atoms with van der Waals surface area (Å²) in [6.07, 6.45) is 0. The highest BCUT2D eigenvalue weighted by atomic mass is 32.2. The van der Waals surface area contributed by atoms with Crippen LogP contribution in [0.4, 0.5) is 5.69 Å². The van der Waals surface area contributed by atoms with Crippen molar-refractivity contribution in [1.29, 1.82) is 0 Å². The normalized spacial score (nSPS) is 21.5. The Balaban J connectivity index is 1.61. The Morgan fingerprint density at radius 2 is 1.71 bits per heavy atom. The van der Waals surface area contributed by atoms with Crippen molar-refractivity contribution in [3.05, 3.63) is 77.9 Å². The molecule has 5 heteroatoms. The minimum Gasteiger partial charge on any atom is -0.323 e. The van der Waals surface area contributed by atoms with Crippen LogP contribution in [0.3, 0.4) is 0 Å². The smallest absolute Gasteiger partial charge is 0.267 e. The number of rotatable bonds is 1. The molecule has 0 saturated carbocycles. The number of carbonyl (C=O) groups is 1. The van der Waals surface area contributed by atoms with E-state index >= 15 is 0 Å². The first-order valence-corrected chi connectivity index (χ1v) is 8.52. The molecule has 24 heavy (non-hydrogen) atoms. The van der Waals surface area contributed by atoms with Crippen LogP contribution in [0.25, 0.3) is 10.8 Å². The van der Waals surface area contributed by atoms with Gasteiger partial charge in [-0.25, -0.2) is 0 Å². The average molecular weight is 331 g/mol. The molecule has 0 unspecified atom stereocenters. The highest BCUT2D eigenvalue weighted by Crippen LogP contribution is 2.48. The van der Waals surface area contributed by atoms with Crippen LogP contribution in [0.2, 0.25) is 0 Å². The van der Waals surface area contributed by atoms with Crippen molar-refractivity contribution < 1.29 is 4.79 Å². The Labute approximate surface area is 143 Å². The number of hydrazone groups is 1. The van der Waals surface area contributed by atoms with E-state index in [0.29, 0.717) is 0 Å². The maximum atomic E-state index is 12.6. The number of fused-ring (bicyclic) bond motifs is 3. The molecule has 0 fully saturated rings. The SMILES string of the molecule is O=C1Nc2ccccc2[C@]12NN=C(c1cccc3ccccc13)S2. The number of carbonyl (C=O) groups excluding carboxylic acids is 1. The zero-order valence-corrected chi connectivity index (χ0v) is 13.4. The fourth-order valence-electron chi connectivity index (χ4n) is 3.29. The van der Waals surface area contributed by atoms with Gasteiger partial charge in [0.05, 0.1) is 0 Å². The second kappa shape index (κ2) is 4.85. The molecular weight excluding hydrogens is 318 g/mol. The van der Waals surface area contributed by atoms with Gasteiger partial charge in [0.25, 0.3) is 5.91 Å². The molecule has 2 heterocycles. The van der Waals surface area contributed by atoms with Crippen LogP contribution in [0.5, 0.6) is 0 Å². The molecule has 1 spiro atoms. The Kier molecular flexibility index (Phi) is 2.76. The van der Waals surface area contributed by atoms with Gasteiger partial charge in [-0.15, -0.1) is 0 Å². The van der Waals surface area contributed by atoms with Gasteiger partial charge >= 0.3 is 0 Å². The molecule has 5 rings (SSSR count). The van der Waals surface area contributed by atoms with Gasteiger partial charge in [0.15, 0.2) is 0 Å². The first-order chi connectivity index (χ1) is 11.8. The Hall–Kier alpha value is -2.79. The molecular formula is C19H13N3OS. The number of hydrogen-bond acceptors (Lipinski definition) is 4. The van der Waals surface area contributed by atoms with Gasteiger partial charge in [0.2, 0.25) is 4.87 Å². The van der Waals surface area contributed by atoms with Crippen molar-refractivity contribution in [2.45, 2.75) is 4.87 Å². The molecule has 0 saturated heterocycles. The molecule has 0 radical (unpaired) electrons. The number of amides is 1. The number of benzene rings is 3. The van der Waals surface area contributed by atoms with Gasteiger partial charge < -0.3 is 5.32 Å². The Bertz CT molecular complexity index is 1020. The number of nitrogens with zero attached hydrogens (tertiary/aromatic N) is 1. The third kappa shape index (κ3) is 1.76. The lowest BCUT2D eigenvalue weighted by Gasteiger charge is -2.19. The lowest BCUT2D eigenvalue weighted by molar-refractivity contribution is -0.118. The Morgan fingerprint density at radius 1 is 0.917 bits per heavy atom. The molecule has 2 aliphatic rings. The van der Waals surface area contributed by atoms with Crippen molar-refractivity contribution >= 4 is 39.2 Å². The van der Waals surface area contributed by atoms with Crippen molar-refractivity contribution in [2.24, 2.45) is 5.10 Å². The molecule has 1 atom stereocenters. The first kappa shape index (κ1) is 13.6. The minimum atomic E-state index is -0.872. The number of anilines is 1. The first-order valence-electron chi connectivity index (χ1n) is 7.71.